The molecule has 2 N–H and O–H groups in total. The number of rotatable bonds is 7. The van der Waals surface area contributed by atoms with Crippen molar-refractivity contribution in [2.75, 3.05) is 11.9 Å². The van der Waals surface area contributed by atoms with Crippen LogP contribution in [0.2, 0.25) is 0 Å². The third kappa shape index (κ3) is 4.22. The molecule has 0 radical (unpaired) electrons. The van der Waals surface area contributed by atoms with Crippen molar-refractivity contribution in [3.8, 4) is 0 Å². The second kappa shape index (κ2) is 8.69. The molecule has 0 aliphatic carbocycles. The fourth-order valence-electron chi connectivity index (χ4n) is 3.03. The summed E-state index contributed by atoms with van der Waals surface area (Å²) in [5.41, 5.74) is 3.79. The molecular formula is C22H26N4O2. The van der Waals surface area contributed by atoms with E-state index in [1.807, 2.05) is 44.2 Å². The van der Waals surface area contributed by atoms with Crippen LogP contribution in [0.15, 0.2) is 42.6 Å². The van der Waals surface area contributed by atoms with Gasteiger partial charge in [-0.25, -0.2) is 4.98 Å². The number of aromatic nitrogens is 2. The fourth-order valence-corrected chi connectivity index (χ4v) is 3.03. The van der Waals surface area contributed by atoms with Gasteiger partial charge in [0.25, 0.3) is 11.8 Å². The molecule has 3 rings (SSSR count). The molecule has 1 aromatic carbocycles. The molecule has 0 spiro atoms. The first-order chi connectivity index (χ1) is 13.5. The molecule has 0 saturated heterocycles. The van der Waals surface area contributed by atoms with Gasteiger partial charge >= 0.3 is 0 Å². The Kier molecular flexibility index (Phi) is 6.09. The highest BCUT2D eigenvalue weighted by Gasteiger charge is 2.21. The van der Waals surface area contributed by atoms with Crippen LogP contribution in [0.25, 0.3) is 5.52 Å². The fraction of sp³-hybridized carbons (Fsp3) is 0.318. The van der Waals surface area contributed by atoms with Crippen LogP contribution in [-0.2, 0) is 0 Å². The number of unbranched alkanes of at least 4 members (excludes halogenated alkanes) is 2. The zero-order valence-corrected chi connectivity index (χ0v) is 16.6. The summed E-state index contributed by atoms with van der Waals surface area (Å²) >= 11 is 0. The minimum Gasteiger partial charge on any atom is -0.349 e. The Morgan fingerprint density at radius 3 is 2.61 bits per heavy atom. The quantitative estimate of drug-likeness (QED) is 0.607. The van der Waals surface area contributed by atoms with E-state index >= 15 is 0 Å². The number of amides is 2. The Hall–Kier alpha value is -3.15. The maximum absolute atomic E-state index is 12.8. The van der Waals surface area contributed by atoms with Crippen molar-refractivity contribution in [3.05, 3.63) is 65.2 Å². The van der Waals surface area contributed by atoms with Crippen molar-refractivity contribution in [3.63, 3.8) is 0 Å². The SMILES string of the molecule is CCCCCNC(=O)c1nc(C(=O)Nc2ccc(C)c(C)c2)c2ccccn12. The van der Waals surface area contributed by atoms with Crippen LogP contribution in [0.1, 0.15) is 58.4 Å². The second-order valence-electron chi connectivity index (χ2n) is 6.96. The number of pyridine rings is 1. The zero-order chi connectivity index (χ0) is 20.1. The number of benzene rings is 1. The molecule has 0 aliphatic rings. The summed E-state index contributed by atoms with van der Waals surface area (Å²) in [6.07, 6.45) is 4.82. The normalized spacial score (nSPS) is 10.8. The minimum atomic E-state index is -0.336. The number of imidazole rings is 1. The number of anilines is 1. The second-order valence-corrected chi connectivity index (χ2v) is 6.96. The van der Waals surface area contributed by atoms with Crippen molar-refractivity contribution >= 4 is 23.0 Å². The number of aryl methyl sites for hydroxylation is 2. The highest BCUT2D eigenvalue weighted by molar-refractivity contribution is 6.09. The number of nitrogens with one attached hydrogen (secondary N) is 2. The topological polar surface area (TPSA) is 75.5 Å². The number of hydrogen-bond acceptors (Lipinski definition) is 3. The van der Waals surface area contributed by atoms with Crippen LogP contribution in [0.4, 0.5) is 5.69 Å². The van der Waals surface area contributed by atoms with Crippen molar-refractivity contribution in [2.45, 2.75) is 40.0 Å². The van der Waals surface area contributed by atoms with Gasteiger partial charge in [-0.3, -0.25) is 14.0 Å². The molecule has 6 heteroatoms. The molecule has 6 nitrogen and oxygen atoms in total. The first-order valence-corrected chi connectivity index (χ1v) is 9.65. The molecule has 2 aromatic heterocycles. The van der Waals surface area contributed by atoms with Crippen molar-refractivity contribution in [2.24, 2.45) is 0 Å². The van der Waals surface area contributed by atoms with E-state index in [2.05, 4.69) is 22.5 Å². The summed E-state index contributed by atoms with van der Waals surface area (Å²) in [6.45, 7) is 6.73. The average Bonchev–Trinajstić information content (AvgIpc) is 3.08. The molecule has 2 heterocycles. The first-order valence-electron chi connectivity index (χ1n) is 9.65. The molecule has 0 fully saturated rings. The van der Waals surface area contributed by atoms with Crippen LogP contribution >= 0.6 is 0 Å². The standard InChI is InChI=1S/C22H26N4O2/c1-4-5-7-12-23-22(28)20-25-19(18-9-6-8-13-26(18)20)21(27)24-17-11-10-15(2)16(3)14-17/h6,8-11,13-14H,4-5,7,12H2,1-3H3,(H,23,28)(H,24,27). The van der Waals surface area contributed by atoms with Gasteiger partial charge in [0.15, 0.2) is 5.69 Å². The zero-order valence-electron chi connectivity index (χ0n) is 16.6. The first kappa shape index (κ1) is 19.6. The summed E-state index contributed by atoms with van der Waals surface area (Å²) in [7, 11) is 0. The van der Waals surface area contributed by atoms with E-state index in [-0.39, 0.29) is 23.3 Å². The molecule has 146 valence electrons. The number of carbonyl (C=O) groups is 2. The Bertz CT molecular complexity index is 1010. The number of carbonyl (C=O) groups excluding carboxylic acids is 2. The Labute approximate surface area is 165 Å². The van der Waals surface area contributed by atoms with Crippen molar-refractivity contribution in [1.29, 1.82) is 0 Å². The van der Waals surface area contributed by atoms with Gasteiger partial charge in [0.05, 0.1) is 5.52 Å². The van der Waals surface area contributed by atoms with E-state index in [1.165, 1.54) is 0 Å². The van der Waals surface area contributed by atoms with E-state index in [1.54, 1.807) is 16.7 Å². The lowest BCUT2D eigenvalue weighted by atomic mass is 10.1. The van der Waals surface area contributed by atoms with Gasteiger partial charge in [-0.2, -0.15) is 0 Å². The Balaban J connectivity index is 1.85. The van der Waals surface area contributed by atoms with Crippen molar-refractivity contribution in [1.82, 2.24) is 14.7 Å². The summed E-state index contributed by atoms with van der Waals surface area (Å²) in [6, 6.07) is 11.2. The van der Waals surface area contributed by atoms with Gasteiger partial charge in [0.1, 0.15) is 0 Å². The van der Waals surface area contributed by atoms with Gasteiger partial charge in [-0.15, -0.1) is 0 Å². The maximum Gasteiger partial charge on any atom is 0.287 e. The number of nitrogens with zero attached hydrogens (tertiary/aromatic N) is 2. The van der Waals surface area contributed by atoms with Crippen LogP contribution in [0, 0.1) is 13.8 Å². The van der Waals surface area contributed by atoms with Crippen LogP contribution in [-0.4, -0.2) is 27.7 Å². The Morgan fingerprint density at radius 2 is 1.86 bits per heavy atom. The predicted octanol–water partition coefficient (Wildman–Crippen LogP) is 4.12. The highest BCUT2D eigenvalue weighted by atomic mass is 16.2. The predicted molar refractivity (Wildman–Crippen MR) is 111 cm³/mol. The molecule has 0 saturated carbocycles. The summed E-state index contributed by atoms with van der Waals surface area (Å²) < 4.78 is 1.66. The largest absolute Gasteiger partial charge is 0.349 e. The third-order valence-electron chi connectivity index (χ3n) is 4.80. The molecule has 28 heavy (non-hydrogen) atoms. The highest BCUT2D eigenvalue weighted by Crippen LogP contribution is 2.18. The van der Waals surface area contributed by atoms with Crippen LogP contribution in [0.3, 0.4) is 0 Å². The van der Waals surface area contributed by atoms with Gasteiger partial charge < -0.3 is 10.6 Å². The number of hydrogen-bond donors (Lipinski definition) is 2. The van der Waals surface area contributed by atoms with Gasteiger partial charge in [0.2, 0.25) is 5.82 Å². The van der Waals surface area contributed by atoms with Crippen LogP contribution < -0.4 is 10.6 Å². The molecule has 0 aliphatic heterocycles. The monoisotopic (exact) mass is 378 g/mol. The summed E-state index contributed by atoms with van der Waals surface area (Å²) in [4.78, 5) is 29.8. The lowest BCUT2D eigenvalue weighted by molar-refractivity contribution is 0.0942. The van der Waals surface area contributed by atoms with E-state index in [4.69, 9.17) is 0 Å². The molecule has 2 amide bonds. The van der Waals surface area contributed by atoms with E-state index in [9.17, 15) is 9.59 Å². The number of fused-ring (bicyclic) bond motifs is 1. The third-order valence-corrected chi connectivity index (χ3v) is 4.80. The van der Waals surface area contributed by atoms with Crippen molar-refractivity contribution < 1.29 is 9.59 Å². The minimum absolute atomic E-state index is 0.220. The molecule has 0 bridgehead atoms. The van der Waals surface area contributed by atoms with E-state index in [0.717, 1.165) is 30.4 Å². The lowest BCUT2D eigenvalue weighted by Crippen LogP contribution is -2.26. The molecule has 0 unspecified atom stereocenters. The summed E-state index contributed by atoms with van der Waals surface area (Å²) in [5, 5.41) is 5.77. The smallest absolute Gasteiger partial charge is 0.287 e. The maximum atomic E-state index is 12.8. The average molecular weight is 378 g/mol. The van der Waals surface area contributed by atoms with E-state index < -0.39 is 0 Å². The van der Waals surface area contributed by atoms with Crippen LogP contribution in [0.5, 0.6) is 0 Å². The lowest BCUT2D eigenvalue weighted by Gasteiger charge is -2.06. The molecular weight excluding hydrogens is 352 g/mol. The molecule has 3 aromatic rings. The Morgan fingerprint density at radius 1 is 1.04 bits per heavy atom. The van der Waals surface area contributed by atoms with Gasteiger partial charge in [-0.05, 0) is 55.7 Å². The molecule has 0 atom stereocenters. The van der Waals surface area contributed by atoms with E-state index in [0.29, 0.717) is 17.7 Å². The summed E-state index contributed by atoms with van der Waals surface area (Å²) in [5.74, 6) is -0.392. The van der Waals surface area contributed by atoms with Gasteiger partial charge in [-0.1, -0.05) is 31.9 Å². The van der Waals surface area contributed by atoms with Gasteiger partial charge in [0, 0.05) is 18.4 Å².